The van der Waals surface area contributed by atoms with E-state index >= 15 is 0 Å². The molecule has 92 valence electrons. The first-order valence-electron chi connectivity index (χ1n) is 5.60. The molecule has 4 aromatic rings. The zero-order chi connectivity index (χ0) is 12.8. The van der Waals surface area contributed by atoms with Crippen LogP contribution in [0.25, 0.3) is 28.0 Å². The topological polar surface area (TPSA) is 89.6 Å². The number of imidazole rings is 1. The number of hydrogen-bond donors (Lipinski definition) is 1. The van der Waals surface area contributed by atoms with Crippen LogP contribution in [0.1, 0.15) is 0 Å². The van der Waals surface area contributed by atoms with Crippen LogP contribution in [0.4, 0.5) is 0 Å². The predicted octanol–water partition coefficient (Wildman–Crippen LogP) is 1.25. The van der Waals surface area contributed by atoms with E-state index in [2.05, 4.69) is 19.9 Å². The zero-order valence-electron chi connectivity index (χ0n) is 9.57. The summed E-state index contributed by atoms with van der Waals surface area (Å²) in [5.74, 6) is 0.351. The molecule has 0 saturated heterocycles. The summed E-state index contributed by atoms with van der Waals surface area (Å²) in [5, 5.41) is 0.508. The van der Waals surface area contributed by atoms with Crippen LogP contribution in [-0.2, 0) is 0 Å². The molecular formula is C12H7N5O2. The molecule has 0 unspecified atom stereocenters. The first kappa shape index (κ1) is 10.0. The third-order valence-electron chi connectivity index (χ3n) is 2.89. The molecule has 7 heteroatoms. The van der Waals surface area contributed by atoms with Crippen molar-refractivity contribution in [2.24, 2.45) is 0 Å². The van der Waals surface area contributed by atoms with Crippen molar-refractivity contribution >= 4 is 22.1 Å². The maximum Gasteiger partial charge on any atom is 0.296 e. The summed E-state index contributed by atoms with van der Waals surface area (Å²) in [6, 6.07) is 7.04. The summed E-state index contributed by atoms with van der Waals surface area (Å²) in [5.41, 5.74) is 1.30. The van der Waals surface area contributed by atoms with Gasteiger partial charge in [-0.2, -0.15) is 0 Å². The minimum absolute atomic E-state index is 0.259. The fraction of sp³-hybridized carbons (Fsp3) is 0. The molecule has 3 aromatic heterocycles. The van der Waals surface area contributed by atoms with Crippen molar-refractivity contribution < 1.29 is 4.52 Å². The Morgan fingerprint density at radius 1 is 1.16 bits per heavy atom. The molecule has 1 N–H and O–H groups in total. The summed E-state index contributed by atoms with van der Waals surface area (Å²) in [6.45, 7) is 0. The molecule has 0 aliphatic carbocycles. The second-order valence-corrected chi connectivity index (χ2v) is 3.99. The Bertz CT molecular complexity index is 949. The van der Waals surface area contributed by atoms with Crippen molar-refractivity contribution in [3.8, 4) is 5.82 Å². The zero-order valence-corrected chi connectivity index (χ0v) is 9.57. The Morgan fingerprint density at radius 2 is 2.05 bits per heavy atom. The van der Waals surface area contributed by atoms with Crippen molar-refractivity contribution in [2.45, 2.75) is 0 Å². The number of H-pyrrole nitrogens is 1. The van der Waals surface area contributed by atoms with Gasteiger partial charge in [-0.05, 0) is 12.1 Å². The summed E-state index contributed by atoms with van der Waals surface area (Å²) in [6.07, 6.45) is 2.84. The third-order valence-corrected chi connectivity index (χ3v) is 2.89. The lowest BCUT2D eigenvalue weighted by atomic mass is 10.3. The molecule has 1 aromatic carbocycles. The van der Waals surface area contributed by atoms with E-state index in [4.69, 9.17) is 4.52 Å². The van der Waals surface area contributed by atoms with Gasteiger partial charge in [0, 0.05) is 0 Å². The molecular weight excluding hydrogens is 246 g/mol. The molecule has 0 aliphatic rings. The fourth-order valence-corrected chi connectivity index (χ4v) is 2.02. The molecule has 0 fully saturated rings. The van der Waals surface area contributed by atoms with Gasteiger partial charge in [-0.3, -0.25) is 4.79 Å². The summed E-state index contributed by atoms with van der Waals surface area (Å²) >= 11 is 0. The average molecular weight is 253 g/mol. The smallest absolute Gasteiger partial charge is 0.296 e. The molecule has 7 nitrogen and oxygen atoms in total. The Morgan fingerprint density at radius 3 is 2.95 bits per heavy atom. The van der Waals surface area contributed by atoms with E-state index < -0.39 is 0 Å². The Balaban J connectivity index is 2.12. The number of benzene rings is 1. The van der Waals surface area contributed by atoms with Crippen LogP contribution < -0.4 is 5.56 Å². The van der Waals surface area contributed by atoms with Gasteiger partial charge in [0.2, 0.25) is 5.82 Å². The number of aromatic amines is 1. The summed E-state index contributed by atoms with van der Waals surface area (Å²) in [4.78, 5) is 27.3. The SMILES string of the molecule is O=c1c2ccccc2on1-c1ncnc2nc[nH]c12. The van der Waals surface area contributed by atoms with Gasteiger partial charge in [-0.15, -0.1) is 4.74 Å². The third kappa shape index (κ3) is 1.32. The van der Waals surface area contributed by atoms with Crippen molar-refractivity contribution in [2.75, 3.05) is 0 Å². The normalized spacial score (nSPS) is 11.4. The highest BCUT2D eigenvalue weighted by Crippen LogP contribution is 2.16. The molecule has 19 heavy (non-hydrogen) atoms. The Kier molecular flexibility index (Phi) is 1.85. The number of nitrogens with one attached hydrogen (secondary N) is 1. The van der Waals surface area contributed by atoms with E-state index in [1.807, 2.05) is 0 Å². The lowest BCUT2D eigenvalue weighted by Crippen LogP contribution is -2.14. The molecule has 4 rings (SSSR count). The fourth-order valence-electron chi connectivity index (χ4n) is 2.02. The van der Waals surface area contributed by atoms with Crippen molar-refractivity contribution in [1.29, 1.82) is 0 Å². The first-order chi connectivity index (χ1) is 9.34. The molecule has 0 radical (unpaired) electrons. The average Bonchev–Trinajstić information content (AvgIpc) is 3.04. The van der Waals surface area contributed by atoms with E-state index in [-0.39, 0.29) is 5.56 Å². The maximum atomic E-state index is 12.3. The number of aromatic nitrogens is 5. The second kappa shape index (κ2) is 3.52. The van der Waals surface area contributed by atoms with Gasteiger partial charge in [0.25, 0.3) is 5.56 Å². The monoisotopic (exact) mass is 253 g/mol. The number of nitrogens with zero attached hydrogens (tertiary/aromatic N) is 4. The van der Waals surface area contributed by atoms with Crippen molar-refractivity contribution in [3.63, 3.8) is 0 Å². The number of hydrogen-bond acceptors (Lipinski definition) is 5. The van der Waals surface area contributed by atoms with E-state index in [9.17, 15) is 4.79 Å². The van der Waals surface area contributed by atoms with Crippen molar-refractivity contribution in [1.82, 2.24) is 24.7 Å². The molecule has 0 amide bonds. The summed E-state index contributed by atoms with van der Waals surface area (Å²) < 4.78 is 6.67. The van der Waals surface area contributed by atoms with E-state index in [1.165, 1.54) is 12.7 Å². The van der Waals surface area contributed by atoms with Crippen LogP contribution in [0.15, 0.2) is 46.2 Å². The largest absolute Gasteiger partial charge is 0.369 e. The van der Waals surface area contributed by atoms with Gasteiger partial charge in [0.05, 0.1) is 11.7 Å². The maximum absolute atomic E-state index is 12.3. The van der Waals surface area contributed by atoms with Crippen LogP contribution >= 0.6 is 0 Å². The Labute approximate surface area is 105 Å². The van der Waals surface area contributed by atoms with Crippen LogP contribution in [0.5, 0.6) is 0 Å². The molecule has 0 aliphatic heterocycles. The Hall–Kier alpha value is -2.96. The number of rotatable bonds is 1. The van der Waals surface area contributed by atoms with Crippen LogP contribution in [0, 0.1) is 0 Å². The van der Waals surface area contributed by atoms with Crippen LogP contribution in [0.3, 0.4) is 0 Å². The molecule has 0 spiro atoms. The van der Waals surface area contributed by atoms with E-state index in [0.717, 1.165) is 4.74 Å². The summed E-state index contributed by atoms with van der Waals surface area (Å²) in [7, 11) is 0. The van der Waals surface area contributed by atoms with Gasteiger partial charge in [0.15, 0.2) is 11.2 Å². The lowest BCUT2D eigenvalue weighted by molar-refractivity contribution is 0.364. The second-order valence-electron chi connectivity index (χ2n) is 3.99. The standard InChI is InChI=1S/C12H7N5O2/c18-12-7-3-1-2-4-8(7)19-17(12)11-9-10(14-5-13-9)15-6-16-11/h1-6H,(H,13,14,15,16). The highest BCUT2D eigenvalue weighted by molar-refractivity contribution is 5.80. The minimum atomic E-state index is -0.259. The van der Waals surface area contributed by atoms with E-state index in [0.29, 0.717) is 28.0 Å². The quantitative estimate of drug-likeness (QED) is 0.551. The number of para-hydroxylation sites is 1. The van der Waals surface area contributed by atoms with Crippen molar-refractivity contribution in [3.05, 3.63) is 47.3 Å². The molecule has 0 atom stereocenters. The molecule has 3 heterocycles. The number of fused-ring (bicyclic) bond motifs is 2. The highest BCUT2D eigenvalue weighted by atomic mass is 16.5. The van der Waals surface area contributed by atoms with Crippen LogP contribution in [0.2, 0.25) is 0 Å². The van der Waals surface area contributed by atoms with Gasteiger partial charge >= 0.3 is 0 Å². The lowest BCUT2D eigenvalue weighted by Gasteiger charge is -1.98. The van der Waals surface area contributed by atoms with Gasteiger partial charge in [-0.1, -0.05) is 12.1 Å². The minimum Gasteiger partial charge on any atom is -0.369 e. The predicted molar refractivity (Wildman–Crippen MR) is 67.1 cm³/mol. The molecule has 0 bridgehead atoms. The van der Waals surface area contributed by atoms with Crippen LogP contribution in [-0.4, -0.2) is 24.7 Å². The van der Waals surface area contributed by atoms with Gasteiger partial charge < -0.3 is 9.51 Å². The first-order valence-corrected chi connectivity index (χ1v) is 5.60. The van der Waals surface area contributed by atoms with Gasteiger partial charge in [0.1, 0.15) is 11.8 Å². The van der Waals surface area contributed by atoms with E-state index in [1.54, 1.807) is 24.3 Å². The highest BCUT2D eigenvalue weighted by Gasteiger charge is 2.15. The molecule has 0 saturated carbocycles. The van der Waals surface area contributed by atoms with Gasteiger partial charge in [-0.25, -0.2) is 15.0 Å².